The highest BCUT2D eigenvalue weighted by molar-refractivity contribution is 7.09. The maximum Gasteiger partial charge on any atom is 0.241 e. The van der Waals surface area contributed by atoms with Gasteiger partial charge in [-0.2, -0.15) is 0 Å². The topological polar surface area (TPSA) is 112 Å². The van der Waals surface area contributed by atoms with Crippen molar-refractivity contribution in [3.63, 3.8) is 0 Å². The summed E-state index contributed by atoms with van der Waals surface area (Å²) in [6, 6.07) is 10.00. The van der Waals surface area contributed by atoms with Gasteiger partial charge in [0.1, 0.15) is 6.54 Å². The third-order valence-electron chi connectivity index (χ3n) is 3.14. The number of hydrogen-bond acceptors (Lipinski definition) is 7. The first-order valence-corrected chi connectivity index (χ1v) is 7.88. The molecule has 3 aromatic rings. The predicted molar refractivity (Wildman–Crippen MR) is 86.5 cm³/mol. The molecule has 23 heavy (non-hydrogen) atoms. The summed E-state index contributed by atoms with van der Waals surface area (Å²) in [7, 11) is 0. The van der Waals surface area contributed by atoms with Crippen LogP contribution in [0.5, 0.6) is 0 Å². The normalized spacial score (nSPS) is 10.6. The third kappa shape index (κ3) is 3.89. The molecule has 2 heterocycles. The molecule has 0 aliphatic carbocycles. The van der Waals surface area contributed by atoms with Crippen LogP contribution in [-0.2, 0) is 17.8 Å². The SMILES string of the molecule is Nc1nnnn1CC(=O)NCCc1nc(-c2ccccc2)cs1. The van der Waals surface area contributed by atoms with Crippen molar-refractivity contribution in [1.82, 2.24) is 30.5 Å². The Labute approximate surface area is 136 Å². The summed E-state index contributed by atoms with van der Waals surface area (Å²) in [5.41, 5.74) is 7.55. The molecule has 0 bridgehead atoms. The molecule has 2 aromatic heterocycles. The van der Waals surface area contributed by atoms with Crippen molar-refractivity contribution >= 4 is 23.2 Å². The van der Waals surface area contributed by atoms with Gasteiger partial charge in [-0.25, -0.2) is 9.67 Å². The highest BCUT2D eigenvalue weighted by Gasteiger charge is 2.08. The summed E-state index contributed by atoms with van der Waals surface area (Å²) >= 11 is 1.58. The van der Waals surface area contributed by atoms with Gasteiger partial charge in [-0.1, -0.05) is 35.4 Å². The number of hydrogen-bond donors (Lipinski definition) is 2. The molecule has 0 aliphatic heterocycles. The van der Waals surface area contributed by atoms with Crippen molar-refractivity contribution in [1.29, 1.82) is 0 Å². The van der Waals surface area contributed by atoms with Crippen molar-refractivity contribution in [2.45, 2.75) is 13.0 Å². The van der Waals surface area contributed by atoms with Crippen molar-refractivity contribution < 1.29 is 4.79 Å². The van der Waals surface area contributed by atoms with Crippen LogP contribution in [0.3, 0.4) is 0 Å². The minimum atomic E-state index is -0.191. The van der Waals surface area contributed by atoms with Gasteiger partial charge in [-0.3, -0.25) is 4.79 Å². The summed E-state index contributed by atoms with van der Waals surface area (Å²) in [5.74, 6) is -0.0728. The molecule has 0 unspecified atom stereocenters. The Morgan fingerprint density at radius 1 is 1.30 bits per heavy atom. The van der Waals surface area contributed by atoms with E-state index in [4.69, 9.17) is 5.73 Å². The van der Waals surface area contributed by atoms with Gasteiger partial charge >= 0.3 is 0 Å². The lowest BCUT2D eigenvalue weighted by atomic mass is 10.2. The van der Waals surface area contributed by atoms with Crippen LogP contribution >= 0.6 is 11.3 Å². The van der Waals surface area contributed by atoms with Crippen LogP contribution in [0.1, 0.15) is 5.01 Å². The smallest absolute Gasteiger partial charge is 0.241 e. The van der Waals surface area contributed by atoms with Crippen molar-refractivity contribution in [2.75, 3.05) is 12.3 Å². The van der Waals surface area contributed by atoms with Gasteiger partial charge in [0.15, 0.2) is 0 Å². The van der Waals surface area contributed by atoms with Crippen LogP contribution in [-0.4, -0.2) is 37.6 Å². The van der Waals surface area contributed by atoms with E-state index in [-0.39, 0.29) is 18.4 Å². The molecule has 1 aromatic carbocycles. The minimum absolute atomic E-state index is 0.00592. The number of benzene rings is 1. The molecule has 9 heteroatoms. The summed E-state index contributed by atoms with van der Waals surface area (Å²) in [6.45, 7) is 0.509. The number of rotatable bonds is 6. The molecule has 8 nitrogen and oxygen atoms in total. The number of tetrazole rings is 1. The van der Waals surface area contributed by atoms with E-state index in [1.165, 1.54) is 4.68 Å². The molecular formula is C14H15N7OS. The maximum atomic E-state index is 11.8. The Morgan fingerprint density at radius 3 is 2.87 bits per heavy atom. The van der Waals surface area contributed by atoms with E-state index < -0.39 is 0 Å². The number of nitrogens with zero attached hydrogens (tertiary/aromatic N) is 5. The number of anilines is 1. The van der Waals surface area contributed by atoms with Crippen LogP contribution in [0, 0.1) is 0 Å². The number of amides is 1. The van der Waals surface area contributed by atoms with Crippen LogP contribution < -0.4 is 11.1 Å². The monoisotopic (exact) mass is 329 g/mol. The molecule has 3 rings (SSSR count). The van der Waals surface area contributed by atoms with Gasteiger partial charge in [-0.15, -0.1) is 11.3 Å². The fraction of sp³-hybridized carbons (Fsp3) is 0.214. The minimum Gasteiger partial charge on any atom is -0.367 e. The fourth-order valence-corrected chi connectivity index (χ4v) is 2.80. The van der Waals surface area contributed by atoms with E-state index in [2.05, 4.69) is 25.8 Å². The van der Waals surface area contributed by atoms with E-state index in [1.54, 1.807) is 11.3 Å². The average molecular weight is 329 g/mol. The first-order chi connectivity index (χ1) is 11.2. The lowest BCUT2D eigenvalue weighted by Gasteiger charge is -2.04. The average Bonchev–Trinajstić information content (AvgIpc) is 3.18. The van der Waals surface area contributed by atoms with Gasteiger partial charge in [0.05, 0.1) is 10.7 Å². The molecule has 0 atom stereocenters. The molecule has 118 valence electrons. The molecule has 0 fully saturated rings. The summed E-state index contributed by atoms with van der Waals surface area (Å²) in [6.07, 6.45) is 0.675. The van der Waals surface area contributed by atoms with E-state index in [0.29, 0.717) is 13.0 Å². The molecule has 0 saturated carbocycles. The number of nitrogens with one attached hydrogen (secondary N) is 1. The van der Waals surface area contributed by atoms with Crippen LogP contribution in [0.15, 0.2) is 35.7 Å². The summed E-state index contributed by atoms with van der Waals surface area (Å²) in [5, 5.41) is 16.3. The van der Waals surface area contributed by atoms with Gasteiger partial charge in [0.2, 0.25) is 11.9 Å². The van der Waals surface area contributed by atoms with E-state index >= 15 is 0 Å². The van der Waals surface area contributed by atoms with Gasteiger partial charge < -0.3 is 11.1 Å². The van der Waals surface area contributed by atoms with E-state index in [9.17, 15) is 4.79 Å². The van der Waals surface area contributed by atoms with Crippen molar-refractivity contribution in [3.8, 4) is 11.3 Å². The fourth-order valence-electron chi connectivity index (χ4n) is 1.99. The molecule has 0 aliphatic rings. The zero-order valence-corrected chi connectivity index (χ0v) is 13.0. The first kappa shape index (κ1) is 15.1. The number of carbonyl (C=O) groups is 1. The highest BCUT2D eigenvalue weighted by atomic mass is 32.1. The van der Waals surface area contributed by atoms with E-state index in [1.807, 2.05) is 35.7 Å². The van der Waals surface area contributed by atoms with Gasteiger partial charge in [0, 0.05) is 23.9 Å². The number of thiazole rings is 1. The van der Waals surface area contributed by atoms with Gasteiger partial charge in [-0.05, 0) is 10.4 Å². The zero-order chi connectivity index (χ0) is 16.1. The highest BCUT2D eigenvalue weighted by Crippen LogP contribution is 2.21. The Bertz CT molecular complexity index is 783. The number of aromatic nitrogens is 5. The molecular weight excluding hydrogens is 314 g/mol. The Kier molecular flexibility index (Phi) is 4.57. The summed E-state index contributed by atoms with van der Waals surface area (Å²) in [4.78, 5) is 16.4. The summed E-state index contributed by atoms with van der Waals surface area (Å²) < 4.78 is 1.24. The second kappa shape index (κ2) is 6.97. The zero-order valence-electron chi connectivity index (χ0n) is 12.2. The van der Waals surface area contributed by atoms with Crippen LogP contribution in [0.25, 0.3) is 11.3 Å². The molecule has 3 N–H and O–H groups in total. The Morgan fingerprint density at radius 2 is 2.13 bits per heavy atom. The first-order valence-electron chi connectivity index (χ1n) is 7.00. The molecule has 0 radical (unpaired) electrons. The third-order valence-corrected chi connectivity index (χ3v) is 4.04. The van der Waals surface area contributed by atoms with Crippen molar-refractivity contribution in [2.24, 2.45) is 0 Å². The van der Waals surface area contributed by atoms with Crippen LogP contribution in [0.4, 0.5) is 5.95 Å². The standard InChI is InChI=1S/C14H15N7OS/c15-14-18-19-20-21(14)8-12(22)16-7-6-13-17-11(9-23-13)10-4-2-1-3-5-10/h1-5,9H,6-8H2,(H,16,22)(H2,15,18,20). The van der Waals surface area contributed by atoms with Crippen LogP contribution in [0.2, 0.25) is 0 Å². The number of carbonyl (C=O) groups excluding carboxylic acids is 1. The lowest BCUT2D eigenvalue weighted by molar-refractivity contribution is -0.121. The second-order valence-corrected chi connectivity index (χ2v) is 5.73. The predicted octanol–water partition coefficient (Wildman–Crippen LogP) is 0.738. The largest absolute Gasteiger partial charge is 0.367 e. The lowest BCUT2D eigenvalue weighted by Crippen LogP contribution is -2.30. The van der Waals surface area contributed by atoms with Crippen molar-refractivity contribution in [3.05, 3.63) is 40.7 Å². The van der Waals surface area contributed by atoms with Gasteiger partial charge in [0.25, 0.3) is 0 Å². The molecule has 0 spiro atoms. The Hall–Kier alpha value is -2.81. The Balaban J connectivity index is 1.49. The number of nitrogens with two attached hydrogens (primary N) is 1. The maximum absolute atomic E-state index is 11.8. The molecule has 0 saturated heterocycles. The number of nitrogen functional groups attached to an aromatic ring is 1. The second-order valence-electron chi connectivity index (χ2n) is 4.79. The quantitative estimate of drug-likeness (QED) is 0.690. The van der Waals surface area contributed by atoms with E-state index in [0.717, 1.165) is 16.3 Å². The molecule has 1 amide bonds.